The molecule has 116 valence electrons. The molecular weight excluding hydrogens is 330 g/mol. The molecule has 4 nitrogen and oxygen atoms in total. The van der Waals surface area contributed by atoms with E-state index in [4.69, 9.17) is 0 Å². The van der Waals surface area contributed by atoms with Crippen molar-refractivity contribution in [2.24, 2.45) is 17.3 Å². The van der Waals surface area contributed by atoms with Gasteiger partial charge in [-0.3, -0.25) is 4.79 Å². The van der Waals surface area contributed by atoms with Crippen molar-refractivity contribution in [2.75, 3.05) is 11.9 Å². The standard InChI is InChI=1S/C16H24BrN3O/c1-11(2)16(6-7-16)10-18-14-13(17)8-19-20(15(14)21)9-12-4-3-5-12/h8,11-12,18H,3-7,9-10H2,1-2H3. The van der Waals surface area contributed by atoms with Gasteiger partial charge in [-0.1, -0.05) is 20.3 Å². The van der Waals surface area contributed by atoms with Crippen LogP contribution in [0.5, 0.6) is 0 Å². The first-order valence-electron chi connectivity index (χ1n) is 8.01. The summed E-state index contributed by atoms with van der Waals surface area (Å²) in [4.78, 5) is 12.6. The second kappa shape index (κ2) is 5.75. The highest BCUT2D eigenvalue weighted by molar-refractivity contribution is 9.10. The van der Waals surface area contributed by atoms with Gasteiger partial charge in [0.15, 0.2) is 0 Å². The minimum atomic E-state index is 0.0100. The highest BCUT2D eigenvalue weighted by atomic mass is 79.9. The molecule has 0 aliphatic heterocycles. The average Bonchev–Trinajstić information content (AvgIpc) is 3.17. The molecule has 2 saturated carbocycles. The van der Waals surface area contributed by atoms with Crippen molar-refractivity contribution in [3.8, 4) is 0 Å². The summed E-state index contributed by atoms with van der Waals surface area (Å²) in [6.45, 7) is 6.18. The van der Waals surface area contributed by atoms with Crippen LogP contribution in [0.3, 0.4) is 0 Å². The van der Waals surface area contributed by atoms with Crippen LogP contribution in [0.15, 0.2) is 15.5 Å². The zero-order valence-electron chi connectivity index (χ0n) is 12.9. The molecule has 0 saturated heterocycles. The maximum absolute atomic E-state index is 12.6. The van der Waals surface area contributed by atoms with Crippen LogP contribution in [-0.4, -0.2) is 16.3 Å². The Morgan fingerprint density at radius 2 is 2.19 bits per heavy atom. The molecule has 0 bridgehead atoms. The van der Waals surface area contributed by atoms with Crippen molar-refractivity contribution in [3.63, 3.8) is 0 Å². The van der Waals surface area contributed by atoms with Crippen LogP contribution in [-0.2, 0) is 6.54 Å². The summed E-state index contributed by atoms with van der Waals surface area (Å²) in [6, 6.07) is 0. The normalized spacial score (nSPS) is 20.4. The molecule has 0 spiro atoms. The number of halogens is 1. The number of anilines is 1. The molecule has 5 heteroatoms. The van der Waals surface area contributed by atoms with E-state index >= 15 is 0 Å². The molecule has 2 aliphatic carbocycles. The summed E-state index contributed by atoms with van der Waals surface area (Å²) in [6.07, 6.45) is 8.01. The molecule has 0 atom stereocenters. The van der Waals surface area contributed by atoms with E-state index in [0.29, 0.717) is 22.9 Å². The van der Waals surface area contributed by atoms with Crippen LogP contribution >= 0.6 is 15.9 Å². The number of hydrogen-bond donors (Lipinski definition) is 1. The molecule has 0 unspecified atom stereocenters. The van der Waals surface area contributed by atoms with Gasteiger partial charge in [-0.15, -0.1) is 0 Å². The van der Waals surface area contributed by atoms with Gasteiger partial charge < -0.3 is 5.32 Å². The Hall–Kier alpha value is -0.840. The number of nitrogens with one attached hydrogen (secondary N) is 1. The van der Waals surface area contributed by atoms with Gasteiger partial charge in [-0.2, -0.15) is 5.10 Å². The molecule has 1 heterocycles. The third kappa shape index (κ3) is 3.03. The monoisotopic (exact) mass is 353 g/mol. The summed E-state index contributed by atoms with van der Waals surface area (Å²) >= 11 is 3.47. The first-order valence-corrected chi connectivity index (χ1v) is 8.81. The van der Waals surface area contributed by atoms with E-state index in [0.717, 1.165) is 17.6 Å². The van der Waals surface area contributed by atoms with Crippen LogP contribution in [0, 0.1) is 17.3 Å². The van der Waals surface area contributed by atoms with Crippen molar-refractivity contribution < 1.29 is 0 Å². The maximum Gasteiger partial charge on any atom is 0.291 e. The van der Waals surface area contributed by atoms with Crippen LogP contribution in [0.2, 0.25) is 0 Å². The van der Waals surface area contributed by atoms with E-state index in [2.05, 4.69) is 40.2 Å². The quantitative estimate of drug-likeness (QED) is 0.848. The van der Waals surface area contributed by atoms with E-state index in [9.17, 15) is 4.79 Å². The smallest absolute Gasteiger partial charge is 0.291 e. The Kier molecular flexibility index (Phi) is 4.12. The molecule has 0 radical (unpaired) electrons. The van der Waals surface area contributed by atoms with Crippen LogP contribution in [0.1, 0.15) is 46.0 Å². The molecule has 0 aromatic carbocycles. The predicted molar refractivity (Wildman–Crippen MR) is 88.5 cm³/mol. The Morgan fingerprint density at radius 3 is 2.71 bits per heavy atom. The second-order valence-electron chi connectivity index (χ2n) is 7.02. The zero-order chi connectivity index (χ0) is 15.0. The second-order valence-corrected chi connectivity index (χ2v) is 7.88. The molecule has 1 aromatic rings. The van der Waals surface area contributed by atoms with Crippen LogP contribution in [0.4, 0.5) is 5.69 Å². The lowest BCUT2D eigenvalue weighted by atomic mass is 9.85. The van der Waals surface area contributed by atoms with Crippen molar-refractivity contribution >= 4 is 21.6 Å². The molecule has 2 aliphatic rings. The lowest BCUT2D eigenvalue weighted by Gasteiger charge is -2.26. The summed E-state index contributed by atoms with van der Waals surface area (Å²) < 4.78 is 2.41. The molecule has 0 amide bonds. The van der Waals surface area contributed by atoms with Gasteiger partial charge in [0.05, 0.1) is 10.7 Å². The van der Waals surface area contributed by atoms with Gasteiger partial charge in [0.25, 0.3) is 5.56 Å². The van der Waals surface area contributed by atoms with Crippen molar-refractivity contribution in [2.45, 2.75) is 52.5 Å². The van der Waals surface area contributed by atoms with Gasteiger partial charge >= 0.3 is 0 Å². The number of hydrogen-bond acceptors (Lipinski definition) is 3. The number of aromatic nitrogens is 2. The van der Waals surface area contributed by atoms with E-state index in [1.807, 2.05) is 0 Å². The molecule has 2 fully saturated rings. The Balaban J connectivity index is 1.74. The van der Waals surface area contributed by atoms with E-state index in [-0.39, 0.29) is 5.56 Å². The summed E-state index contributed by atoms with van der Waals surface area (Å²) in [5.74, 6) is 1.29. The predicted octanol–water partition coefficient (Wildman–Crippen LogP) is 3.65. The fourth-order valence-corrected chi connectivity index (χ4v) is 3.46. The van der Waals surface area contributed by atoms with E-state index in [1.54, 1.807) is 10.9 Å². The molecule has 1 aromatic heterocycles. The van der Waals surface area contributed by atoms with Gasteiger partial charge in [-0.05, 0) is 58.9 Å². The van der Waals surface area contributed by atoms with Gasteiger partial charge in [0.2, 0.25) is 0 Å². The lowest BCUT2D eigenvalue weighted by molar-refractivity contribution is 0.262. The van der Waals surface area contributed by atoms with Crippen molar-refractivity contribution in [1.29, 1.82) is 0 Å². The highest BCUT2D eigenvalue weighted by Crippen LogP contribution is 2.51. The molecule has 3 rings (SSSR count). The Bertz CT molecular complexity index is 573. The minimum absolute atomic E-state index is 0.0100. The van der Waals surface area contributed by atoms with Crippen LogP contribution in [0.25, 0.3) is 0 Å². The highest BCUT2D eigenvalue weighted by Gasteiger charge is 2.45. The minimum Gasteiger partial charge on any atom is -0.379 e. The zero-order valence-corrected chi connectivity index (χ0v) is 14.4. The fourth-order valence-electron chi connectivity index (χ4n) is 3.06. The third-order valence-electron chi connectivity index (χ3n) is 5.39. The fraction of sp³-hybridized carbons (Fsp3) is 0.750. The average molecular weight is 354 g/mol. The van der Waals surface area contributed by atoms with Gasteiger partial charge in [0, 0.05) is 13.1 Å². The van der Waals surface area contributed by atoms with Gasteiger partial charge in [0.1, 0.15) is 5.69 Å². The summed E-state index contributed by atoms with van der Waals surface area (Å²) in [5.41, 5.74) is 1.07. The summed E-state index contributed by atoms with van der Waals surface area (Å²) in [5, 5.41) is 7.67. The van der Waals surface area contributed by atoms with Crippen LogP contribution < -0.4 is 10.9 Å². The summed E-state index contributed by atoms with van der Waals surface area (Å²) in [7, 11) is 0. The first-order chi connectivity index (χ1) is 10.0. The third-order valence-corrected chi connectivity index (χ3v) is 5.99. The van der Waals surface area contributed by atoms with Crippen molar-refractivity contribution in [1.82, 2.24) is 9.78 Å². The SMILES string of the molecule is CC(C)C1(CNc2c(Br)cnn(CC3CCC3)c2=O)CC1. The molecule has 21 heavy (non-hydrogen) atoms. The number of nitrogens with zero attached hydrogens (tertiary/aromatic N) is 2. The maximum atomic E-state index is 12.6. The van der Waals surface area contributed by atoms with E-state index in [1.165, 1.54) is 32.1 Å². The molecule has 1 N–H and O–H groups in total. The largest absolute Gasteiger partial charge is 0.379 e. The lowest BCUT2D eigenvalue weighted by Crippen LogP contribution is -2.32. The van der Waals surface area contributed by atoms with Crippen molar-refractivity contribution in [3.05, 3.63) is 21.0 Å². The first kappa shape index (κ1) is 15.1. The number of rotatable bonds is 6. The Labute approximate surface area is 134 Å². The van der Waals surface area contributed by atoms with Gasteiger partial charge in [-0.25, -0.2) is 4.68 Å². The Morgan fingerprint density at radius 1 is 1.48 bits per heavy atom. The molecular formula is C16H24BrN3O. The topological polar surface area (TPSA) is 46.9 Å². The van der Waals surface area contributed by atoms with E-state index < -0.39 is 0 Å².